The lowest BCUT2D eigenvalue weighted by molar-refractivity contribution is -0.136. The normalized spacial score (nSPS) is 24.9. The molecule has 0 aromatic carbocycles. The Bertz CT molecular complexity index is 205. The molecule has 0 spiro atoms. The Labute approximate surface area is 79.0 Å². The fraction of sp³-hybridized carbons (Fsp3) is 0.667. The van der Waals surface area contributed by atoms with Gasteiger partial charge in [0.15, 0.2) is 0 Å². The van der Waals surface area contributed by atoms with Gasteiger partial charge in [-0.05, 0) is 7.05 Å². The molecule has 0 aromatic heterocycles. The molecule has 1 atom stereocenters. The van der Waals surface area contributed by atoms with E-state index in [0.717, 1.165) is 6.54 Å². The highest BCUT2D eigenvalue weighted by atomic mass is 16.2. The molecule has 1 heterocycles. The summed E-state index contributed by atoms with van der Waals surface area (Å²) in [6, 6.07) is 0.289. The number of nitrogens with zero attached hydrogens (tertiary/aromatic N) is 2. The van der Waals surface area contributed by atoms with Crippen LogP contribution in [0.25, 0.3) is 0 Å². The number of hydrogen-bond donors (Lipinski definition) is 1. The molecule has 13 heavy (non-hydrogen) atoms. The zero-order valence-corrected chi connectivity index (χ0v) is 8.07. The van der Waals surface area contributed by atoms with Crippen molar-refractivity contribution in [1.82, 2.24) is 9.80 Å². The molecule has 0 bridgehead atoms. The Kier molecular flexibility index (Phi) is 3.45. The molecule has 1 rings (SSSR count). The number of hydrogen-bond acceptors (Lipinski definition) is 3. The maximum Gasteiger partial charge on any atom is 0.237 e. The quantitative estimate of drug-likeness (QED) is 0.587. The molecular weight excluding hydrogens is 166 g/mol. The molecule has 1 fully saturated rings. The monoisotopic (exact) mass is 183 g/mol. The Balaban J connectivity index is 2.57. The smallest absolute Gasteiger partial charge is 0.237 e. The van der Waals surface area contributed by atoms with Crippen molar-refractivity contribution in [2.75, 3.05) is 33.2 Å². The third-order valence-electron chi connectivity index (χ3n) is 2.41. The minimum absolute atomic E-state index is 0.159. The van der Waals surface area contributed by atoms with Crippen LogP contribution in [0.15, 0.2) is 12.7 Å². The molecule has 1 saturated heterocycles. The third kappa shape index (κ3) is 2.29. The largest absolute Gasteiger partial charge is 0.336 e. The van der Waals surface area contributed by atoms with Crippen molar-refractivity contribution in [3.63, 3.8) is 0 Å². The second-order valence-corrected chi connectivity index (χ2v) is 3.39. The molecule has 0 saturated carbocycles. The van der Waals surface area contributed by atoms with Gasteiger partial charge < -0.3 is 10.6 Å². The summed E-state index contributed by atoms with van der Waals surface area (Å²) in [5.41, 5.74) is 5.59. The first-order valence-electron chi connectivity index (χ1n) is 4.48. The second-order valence-electron chi connectivity index (χ2n) is 3.39. The maximum atomic E-state index is 11.5. The van der Waals surface area contributed by atoms with E-state index in [0.29, 0.717) is 19.6 Å². The Morgan fingerprint density at radius 3 is 3.00 bits per heavy atom. The maximum absolute atomic E-state index is 11.5. The first-order chi connectivity index (χ1) is 6.19. The fourth-order valence-electron chi connectivity index (χ4n) is 1.52. The summed E-state index contributed by atoms with van der Waals surface area (Å²) < 4.78 is 0. The van der Waals surface area contributed by atoms with Gasteiger partial charge in [0.2, 0.25) is 5.91 Å². The highest BCUT2D eigenvalue weighted by Gasteiger charge is 2.27. The van der Waals surface area contributed by atoms with E-state index < -0.39 is 0 Å². The molecule has 4 heteroatoms. The zero-order valence-electron chi connectivity index (χ0n) is 8.07. The summed E-state index contributed by atoms with van der Waals surface area (Å²) >= 11 is 0. The van der Waals surface area contributed by atoms with Crippen molar-refractivity contribution in [2.24, 2.45) is 5.73 Å². The summed E-state index contributed by atoms with van der Waals surface area (Å²) in [6.45, 7) is 6.03. The van der Waals surface area contributed by atoms with Gasteiger partial charge in [-0.2, -0.15) is 0 Å². The molecule has 2 N–H and O–H groups in total. The van der Waals surface area contributed by atoms with E-state index in [1.165, 1.54) is 0 Å². The summed E-state index contributed by atoms with van der Waals surface area (Å²) in [7, 11) is 1.93. The highest BCUT2D eigenvalue weighted by molar-refractivity contribution is 5.79. The van der Waals surface area contributed by atoms with Gasteiger partial charge in [0, 0.05) is 25.7 Å². The number of carbonyl (C=O) groups excluding carboxylic acids is 1. The van der Waals surface area contributed by atoms with Crippen LogP contribution in [0, 0.1) is 0 Å². The van der Waals surface area contributed by atoms with E-state index in [9.17, 15) is 4.79 Å². The van der Waals surface area contributed by atoms with Crippen molar-refractivity contribution < 1.29 is 4.79 Å². The van der Waals surface area contributed by atoms with Gasteiger partial charge in [0.1, 0.15) is 0 Å². The molecular formula is C9H17N3O. The second kappa shape index (κ2) is 4.39. The van der Waals surface area contributed by atoms with E-state index in [1.807, 2.05) is 11.9 Å². The van der Waals surface area contributed by atoms with Gasteiger partial charge >= 0.3 is 0 Å². The standard InChI is InChI=1S/C9H17N3O/c1-3-4-12-6-8(5-10)11(2)7-9(12)13/h3,8H,1,4-7,10H2,2H3. The average Bonchev–Trinajstić information content (AvgIpc) is 2.10. The minimum atomic E-state index is 0.159. The van der Waals surface area contributed by atoms with Crippen LogP contribution in [0.1, 0.15) is 0 Å². The Morgan fingerprint density at radius 1 is 1.77 bits per heavy atom. The van der Waals surface area contributed by atoms with Crippen LogP contribution < -0.4 is 5.73 Å². The first-order valence-corrected chi connectivity index (χ1v) is 4.48. The molecule has 0 aliphatic carbocycles. The minimum Gasteiger partial charge on any atom is -0.336 e. The summed E-state index contributed by atoms with van der Waals surface area (Å²) in [5, 5.41) is 0. The van der Waals surface area contributed by atoms with Crippen molar-refractivity contribution in [2.45, 2.75) is 6.04 Å². The zero-order chi connectivity index (χ0) is 9.84. The van der Waals surface area contributed by atoms with Gasteiger partial charge in [-0.1, -0.05) is 6.08 Å². The van der Waals surface area contributed by atoms with E-state index in [1.54, 1.807) is 11.0 Å². The van der Waals surface area contributed by atoms with Gasteiger partial charge in [-0.3, -0.25) is 9.69 Å². The lowest BCUT2D eigenvalue weighted by Gasteiger charge is -2.37. The summed E-state index contributed by atoms with van der Waals surface area (Å²) in [4.78, 5) is 15.2. The van der Waals surface area contributed by atoms with Crippen molar-refractivity contribution >= 4 is 5.91 Å². The van der Waals surface area contributed by atoms with Crippen molar-refractivity contribution in [3.8, 4) is 0 Å². The van der Waals surface area contributed by atoms with E-state index in [-0.39, 0.29) is 11.9 Å². The van der Waals surface area contributed by atoms with Crippen LogP contribution in [0.5, 0.6) is 0 Å². The third-order valence-corrected chi connectivity index (χ3v) is 2.41. The number of piperazine rings is 1. The number of rotatable bonds is 3. The molecule has 4 nitrogen and oxygen atoms in total. The van der Waals surface area contributed by atoms with Gasteiger partial charge in [-0.15, -0.1) is 6.58 Å². The van der Waals surface area contributed by atoms with Gasteiger partial charge in [0.25, 0.3) is 0 Å². The van der Waals surface area contributed by atoms with Crippen LogP contribution in [0.3, 0.4) is 0 Å². The van der Waals surface area contributed by atoms with Crippen LogP contribution in [-0.4, -0.2) is 55.0 Å². The van der Waals surface area contributed by atoms with Gasteiger partial charge in [0.05, 0.1) is 6.54 Å². The van der Waals surface area contributed by atoms with Crippen LogP contribution in [0.4, 0.5) is 0 Å². The average molecular weight is 183 g/mol. The van der Waals surface area contributed by atoms with Crippen LogP contribution in [0.2, 0.25) is 0 Å². The SMILES string of the molecule is C=CCN1CC(CN)N(C)CC1=O. The Morgan fingerprint density at radius 2 is 2.46 bits per heavy atom. The predicted octanol–water partition coefficient (Wildman–Crippen LogP) is -0.726. The number of amides is 1. The summed E-state index contributed by atoms with van der Waals surface area (Å²) in [5.74, 6) is 0.159. The number of nitrogens with two attached hydrogens (primary N) is 1. The van der Waals surface area contributed by atoms with Crippen LogP contribution >= 0.6 is 0 Å². The molecule has 1 amide bonds. The molecule has 1 unspecified atom stereocenters. The van der Waals surface area contributed by atoms with E-state index in [2.05, 4.69) is 6.58 Å². The Hall–Kier alpha value is -0.870. The number of likely N-dealkylation sites (N-methyl/N-ethyl adjacent to an activating group) is 1. The lowest BCUT2D eigenvalue weighted by atomic mass is 10.2. The van der Waals surface area contributed by atoms with Gasteiger partial charge in [-0.25, -0.2) is 0 Å². The van der Waals surface area contributed by atoms with Crippen molar-refractivity contribution in [3.05, 3.63) is 12.7 Å². The molecule has 74 valence electrons. The molecule has 0 radical (unpaired) electrons. The van der Waals surface area contributed by atoms with Crippen LogP contribution in [-0.2, 0) is 4.79 Å². The highest BCUT2D eigenvalue weighted by Crippen LogP contribution is 2.07. The summed E-state index contributed by atoms with van der Waals surface area (Å²) in [6.07, 6.45) is 1.75. The molecule has 1 aliphatic rings. The molecule has 1 aliphatic heterocycles. The number of carbonyl (C=O) groups is 1. The van der Waals surface area contributed by atoms with E-state index in [4.69, 9.17) is 5.73 Å². The van der Waals surface area contributed by atoms with Crippen molar-refractivity contribution in [1.29, 1.82) is 0 Å². The lowest BCUT2D eigenvalue weighted by Crippen LogP contribution is -2.56. The van der Waals surface area contributed by atoms with E-state index >= 15 is 0 Å². The predicted molar refractivity (Wildman–Crippen MR) is 52.2 cm³/mol. The fourth-order valence-corrected chi connectivity index (χ4v) is 1.52. The molecule has 0 aromatic rings. The first kappa shape index (κ1) is 10.2. The topological polar surface area (TPSA) is 49.6 Å².